The van der Waals surface area contributed by atoms with E-state index in [-0.39, 0.29) is 23.3 Å². The van der Waals surface area contributed by atoms with E-state index in [1.165, 1.54) is 9.87 Å². The van der Waals surface area contributed by atoms with Crippen LogP contribution in [0.25, 0.3) is 0 Å². The Hall–Kier alpha value is -2.38. The van der Waals surface area contributed by atoms with Crippen LogP contribution >= 0.6 is 0 Å². The van der Waals surface area contributed by atoms with E-state index in [4.69, 9.17) is 4.74 Å². The van der Waals surface area contributed by atoms with Crippen molar-refractivity contribution in [2.45, 2.75) is 43.9 Å². The number of aryl methyl sites for hydroxylation is 1. The molecule has 1 amide bonds. The van der Waals surface area contributed by atoms with Crippen molar-refractivity contribution < 1.29 is 17.9 Å². The van der Waals surface area contributed by atoms with Gasteiger partial charge in [0.15, 0.2) is 0 Å². The van der Waals surface area contributed by atoms with Crippen LogP contribution in [-0.2, 0) is 21.2 Å². The van der Waals surface area contributed by atoms with E-state index in [0.29, 0.717) is 24.6 Å². The summed E-state index contributed by atoms with van der Waals surface area (Å²) in [6.45, 7) is 4.07. The molecule has 2 saturated heterocycles. The van der Waals surface area contributed by atoms with Crippen molar-refractivity contribution in [3.05, 3.63) is 59.7 Å². The lowest BCUT2D eigenvalue weighted by Gasteiger charge is -2.37. The van der Waals surface area contributed by atoms with Gasteiger partial charge in [0.25, 0.3) is 0 Å². The third-order valence-electron chi connectivity index (χ3n) is 7.03. The molecule has 1 unspecified atom stereocenters. The summed E-state index contributed by atoms with van der Waals surface area (Å²) in [6, 6.07) is 15.4. The van der Waals surface area contributed by atoms with Crippen LogP contribution in [0.3, 0.4) is 0 Å². The summed E-state index contributed by atoms with van der Waals surface area (Å²) < 4.78 is 33.3. The van der Waals surface area contributed by atoms with Crippen LogP contribution in [0.15, 0.2) is 53.4 Å². The maximum atomic E-state index is 13.3. The number of carbonyl (C=O) groups is 1. The first kappa shape index (κ1) is 23.8. The lowest BCUT2D eigenvalue weighted by atomic mass is 9.89. The fourth-order valence-electron chi connectivity index (χ4n) is 5.09. The van der Waals surface area contributed by atoms with E-state index in [1.807, 2.05) is 17.9 Å². The van der Waals surface area contributed by atoms with Crippen molar-refractivity contribution in [3.8, 4) is 5.75 Å². The fraction of sp³-hybridized carbons (Fsp3) is 0.500. The Balaban J connectivity index is 1.36. The molecule has 2 heterocycles. The molecule has 178 valence electrons. The molecular weight excluding hydrogens is 436 g/mol. The zero-order valence-corrected chi connectivity index (χ0v) is 20.4. The molecule has 0 N–H and O–H groups in total. The van der Waals surface area contributed by atoms with E-state index in [2.05, 4.69) is 24.3 Å². The number of benzene rings is 2. The maximum absolute atomic E-state index is 13.3. The van der Waals surface area contributed by atoms with Crippen molar-refractivity contribution in [2.24, 2.45) is 11.8 Å². The smallest absolute Gasteiger partial charge is 0.243 e. The first-order valence-corrected chi connectivity index (χ1v) is 13.3. The van der Waals surface area contributed by atoms with Gasteiger partial charge in [0.05, 0.1) is 17.9 Å². The predicted octanol–water partition coefficient (Wildman–Crippen LogP) is 3.89. The molecule has 0 aliphatic carbocycles. The Morgan fingerprint density at radius 3 is 2.42 bits per heavy atom. The monoisotopic (exact) mass is 470 g/mol. The molecule has 0 bridgehead atoms. The number of hydrogen-bond acceptors (Lipinski definition) is 4. The highest BCUT2D eigenvalue weighted by molar-refractivity contribution is 7.89. The van der Waals surface area contributed by atoms with Crippen LogP contribution in [0, 0.1) is 18.8 Å². The number of sulfonamides is 1. The van der Waals surface area contributed by atoms with Gasteiger partial charge in [0, 0.05) is 26.2 Å². The van der Waals surface area contributed by atoms with Gasteiger partial charge >= 0.3 is 0 Å². The summed E-state index contributed by atoms with van der Waals surface area (Å²) in [6.07, 6.45) is 4.51. The molecule has 4 rings (SSSR count). The Bertz CT molecular complexity index is 1060. The van der Waals surface area contributed by atoms with E-state index >= 15 is 0 Å². The van der Waals surface area contributed by atoms with Gasteiger partial charge in [-0.2, -0.15) is 4.31 Å². The molecule has 2 fully saturated rings. The van der Waals surface area contributed by atoms with Crippen LogP contribution in [0.4, 0.5) is 0 Å². The quantitative estimate of drug-likeness (QED) is 0.643. The topological polar surface area (TPSA) is 66.9 Å². The number of methoxy groups -OCH3 is 1. The molecule has 2 aliphatic rings. The van der Waals surface area contributed by atoms with Crippen LogP contribution in [0.5, 0.6) is 5.75 Å². The van der Waals surface area contributed by atoms with Crippen LogP contribution in [0.2, 0.25) is 0 Å². The van der Waals surface area contributed by atoms with Crippen molar-refractivity contribution in [1.82, 2.24) is 9.21 Å². The molecular formula is C26H34N2O4S. The number of ether oxygens (including phenoxy) is 1. The van der Waals surface area contributed by atoms with Crippen molar-refractivity contribution in [3.63, 3.8) is 0 Å². The molecule has 0 saturated carbocycles. The molecule has 2 aromatic carbocycles. The molecule has 33 heavy (non-hydrogen) atoms. The van der Waals surface area contributed by atoms with Gasteiger partial charge in [0.2, 0.25) is 15.9 Å². The summed E-state index contributed by atoms with van der Waals surface area (Å²) in [7, 11) is -2.07. The third kappa shape index (κ3) is 5.41. The molecule has 0 radical (unpaired) electrons. The lowest BCUT2D eigenvalue weighted by Crippen LogP contribution is -2.48. The minimum Gasteiger partial charge on any atom is -0.496 e. The number of hydrogen-bond donors (Lipinski definition) is 0. The largest absolute Gasteiger partial charge is 0.496 e. The molecule has 2 aromatic rings. The van der Waals surface area contributed by atoms with Crippen molar-refractivity contribution in [2.75, 3.05) is 33.3 Å². The number of amides is 1. The van der Waals surface area contributed by atoms with Gasteiger partial charge in [-0.05, 0) is 74.3 Å². The Morgan fingerprint density at radius 2 is 1.76 bits per heavy atom. The standard InChI is InChI=1S/C26H34N2O4S/c1-20-17-24(10-11-25(20)32-2)33(30,31)28-14-6-9-23(19-28)26(29)27-15-12-22(13-16-27)18-21-7-4-3-5-8-21/h3-5,7-8,10-11,17,22-23H,6,9,12-16,18-19H2,1-2H3. The zero-order valence-electron chi connectivity index (χ0n) is 19.6. The first-order valence-electron chi connectivity index (χ1n) is 11.9. The molecule has 7 heteroatoms. The second kappa shape index (κ2) is 10.3. The summed E-state index contributed by atoms with van der Waals surface area (Å²) >= 11 is 0. The van der Waals surface area contributed by atoms with Crippen LogP contribution < -0.4 is 4.74 Å². The molecule has 0 spiro atoms. The Morgan fingerprint density at radius 1 is 1.03 bits per heavy atom. The average Bonchev–Trinajstić information content (AvgIpc) is 2.84. The van der Waals surface area contributed by atoms with Crippen molar-refractivity contribution in [1.29, 1.82) is 0 Å². The summed E-state index contributed by atoms with van der Waals surface area (Å²) in [5.41, 5.74) is 2.13. The summed E-state index contributed by atoms with van der Waals surface area (Å²) in [5.74, 6) is 1.10. The molecule has 6 nitrogen and oxygen atoms in total. The number of rotatable bonds is 6. The second-order valence-electron chi connectivity index (χ2n) is 9.29. The van der Waals surface area contributed by atoms with Gasteiger partial charge in [0.1, 0.15) is 5.75 Å². The number of nitrogens with zero attached hydrogens (tertiary/aromatic N) is 2. The SMILES string of the molecule is COc1ccc(S(=O)(=O)N2CCCC(C(=O)N3CCC(Cc4ccccc4)CC3)C2)cc1C. The molecule has 0 aromatic heterocycles. The first-order chi connectivity index (χ1) is 15.9. The van der Waals surface area contributed by atoms with Gasteiger partial charge in [-0.25, -0.2) is 8.42 Å². The van der Waals surface area contributed by atoms with Gasteiger partial charge < -0.3 is 9.64 Å². The highest BCUT2D eigenvalue weighted by atomic mass is 32.2. The normalized spacial score (nSPS) is 20.5. The minimum atomic E-state index is -3.64. The summed E-state index contributed by atoms with van der Waals surface area (Å²) in [5, 5.41) is 0. The third-order valence-corrected chi connectivity index (χ3v) is 8.89. The second-order valence-corrected chi connectivity index (χ2v) is 11.2. The number of carbonyl (C=O) groups excluding carboxylic acids is 1. The van der Waals surface area contributed by atoms with Gasteiger partial charge in [-0.1, -0.05) is 30.3 Å². The van der Waals surface area contributed by atoms with E-state index in [1.54, 1.807) is 25.3 Å². The minimum absolute atomic E-state index is 0.110. The van der Waals surface area contributed by atoms with Gasteiger partial charge in [-0.15, -0.1) is 0 Å². The average molecular weight is 471 g/mol. The predicted molar refractivity (Wildman–Crippen MR) is 129 cm³/mol. The lowest BCUT2D eigenvalue weighted by molar-refractivity contribution is -0.138. The van der Waals surface area contributed by atoms with E-state index < -0.39 is 10.0 Å². The highest BCUT2D eigenvalue weighted by Gasteiger charge is 2.36. The van der Waals surface area contributed by atoms with Crippen LogP contribution in [-0.4, -0.2) is 56.8 Å². The molecule has 1 atom stereocenters. The Kier molecular flexibility index (Phi) is 7.39. The Labute approximate surface area is 197 Å². The highest BCUT2D eigenvalue weighted by Crippen LogP contribution is 2.29. The summed E-state index contributed by atoms with van der Waals surface area (Å²) in [4.78, 5) is 15.5. The van der Waals surface area contributed by atoms with E-state index in [9.17, 15) is 13.2 Å². The fourth-order valence-corrected chi connectivity index (χ4v) is 6.70. The van der Waals surface area contributed by atoms with Gasteiger partial charge in [-0.3, -0.25) is 4.79 Å². The zero-order chi connectivity index (χ0) is 23.4. The van der Waals surface area contributed by atoms with Crippen LogP contribution in [0.1, 0.15) is 36.8 Å². The maximum Gasteiger partial charge on any atom is 0.243 e. The van der Waals surface area contributed by atoms with Crippen molar-refractivity contribution >= 4 is 15.9 Å². The molecule has 2 aliphatic heterocycles. The number of piperidine rings is 2. The number of likely N-dealkylation sites (tertiary alicyclic amines) is 1. The van der Waals surface area contributed by atoms with E-state index in [0.717, 1.165) is 44.3 Å².